The van der Waals surface area contributed by atoms with Crippen LogP contribution in [0.4, 0.5) is 0 Å². The van der Waals surface area contributed by atoms with Crippen LogP contribution in [-0.4, -0.2) is 17.4 Å². The third kappa shape index (κ3) is 2.00. The molecule has 0 radical (unpaired) electrons. The number of ether oxygens (including phenoxy) is 1. The predicted molar refractivity (Wildman–Crippen MR) is 99.2 cm³/mol. The van der Waals surface area contributed by atoms with Crippen LogP contribution in [0.3, 0.4) is 0 Å². The first-order valence-corrected chi connectivity index (χ1v) is 10.7. The minimum Gasteiger partial charge on any atom is -0.451 e. The van der Waals surface area contributed by atoms with E-state index in [4.69, 9.17) is 4.74 Å². The van der Waals surface area contributed by atoms with Gasteiger partial charge in [0.1, 0.15) is 5.60 Å². The molecule has 7 atom stereocenters. The van der Waals surface area contributed by atoms with Gasteiger partial charge in [-0.1, -0.05) is 19.4 Å². The van der Waals surface area contributed by atoms with Crippen molar-refractivity contribution in [3.63, 3.8) is 0 Å². The Bertz CT molecular complexity index is 719. The number of hydrogen-bond acceptors (Lipinski definition) is 3. The molecule has 3 fully saturated rings. The fourth-order valence-electron chi connectivity index (χ4n) is 8.04. The largest absolute Gasteiger partial charge is 0.451 e. The fraction of sp³-hybridized carbons (Fsp3) is 0.739. The molecule has 0 bridgehead atoms. The maximum absolute atomic E-state index is 12.0. The van der Waals surface area contributed by atoms with E-state index in [1.54, 1.807) is 6.08 Å². The number of esters is 1. The highest BCUT2D eigenvalue weighted by Gasteiger charge is 2.66. The number of ketones is 1. The van der Waals surface area contributed by atoms with Crippen molar-refractivity contribution in [3.05, 3.63) is 23.8 Å². The maximum atomic E-state index is 12.0. The topological polar surface area (TPSA) is 43.4 Å². The van der Waals surface area contributed by atoms with Gasteiger partial charge in [0, 0.05) is 17.9 Å². The Kier molecular flexibility index (Phi) is 3.59. The van der Waals surface area contributed by atoms with Gasteiger partial charge in [-0.25, -0.2) is 4.79 Å². The highest BCUT2D eigenvalue weighted by Crippen LogP contribution is 2.68. The SMILES string of the molecule is CC[C@]12CCC3C(C1CC[C@@]21C=CC(=O)O1)[C@@H](C)CC1=CC(=O)CC[C@@H]13. The van der Waals surface area contributed by atoms with Gasteiger partial charge in [-0.2, -0.15) is 0 Å². The molecule has 26 heavy (non-hydrogen) atoms. The van der Waals surface area contributed by atoms with Crippen molar-refractivity contribution >= 4 is 11.8 Å². The molecule has 0 aromatic carbocycles. The van der Waals surface area contributed by atoms with Crippen LogP contribution in [0.2, 0.25) is 0 Å². The molecule has 0 aromatic rings. The van der Waals surface area contributed by atoms with E-state index in [-0.39, 0.29) is 17.0 Å². The molecule has 0 N–H and O–H groups in total. The summed E-state index contributed by atoms with van der Waals surface area (Å²) >= 11 is 0. The molecule has 0 saturated heterocycles. The lowest BCUT2D eigenvalue weighted by molar-refractivity contribution is -0.166. The molecule has 4 aliphatic carbocycles. The molecule has 140 valence electrons. The molecular formula is C23H30O3. The third-order valence-electron chi connectivity index (χ3n) is 8.92. The summed E-state index contributed by atoms with van der Waals surface area (Å²) in [6.07, 6.45) is 14.3. The van der Waals surface area contributed by atoms with Gasteiger partial charge in [0.05, 0.1) is 0 Å². The molecule has 1 heterocycles. The lowest BCUT2D eigenvalue weighted by Crippen LogP contribution is -2.55. The fourth-order valence-corrected chi connectivity index (χ4v) is 8.04. The average Bonchev–Trinajstić information content (AvgIpc) is 3.16. The average molecular weight is 354 g/mol. The van der Waals surface area contributed by atoms with E-state index in [1.165, 1.54) is 18.4 Å². The zero-order valence-electron chi connectivity index (χ0n) is 16.0. The minimum atomic E-state index is -0.340. The third-order valence-corrected chi connectivity index (χ3v) is 8.92. The van der Waals surface area contributed by atoms with Gasteiger partial charge in [0.2, 0.25) is 0 Å². The zero-order chi connectivity index (χ0) is 18.1. The van der Waals surface area contributed by atoms with Crippen molar-refractivity contribution < 1.29 is 14.3 Å². The Morgan fingerprint density at radius 2 is 2.04 bits per heavy atom. The van der Waals surface area contributed by atoms with Gasteiger partial charge >= 0.3 is 5.97 Å². The molecular weight excluding hydrogens is 324 g/mol. The Morgan fingerprint density at radius 3 is 2.77 bits per heavy atom. The van der Waals surface area contributed by atoms with Gasteiger partial charge in [0.15, 0.2) is 5.78 Å². The molecule has 3 saturated carbocycles. The summed E-state index contributed by atoms with van der Waals surface area (Å²) in [5.41, 5.74) is 1.22. The van der Waals surface area contributed by atoms with Gasteiger partial charge in [-0.3, -0.25) is 4.79 Å². The number of allylic oxidation sites excluding steroid dienone is 1. The van der Waals surface area contributed by atoms with Gasteiger partial charge in [-0.05, 0) is 86.7 Å². The number of hydrogen-bond donors (Lipinski definition) is 0. The summed E-state index contributed by atoms with van der Waals surface area (Å²) in [5.74, 6) is 3.53. The van der Waals surface area contributed by atoms with E-state index < -0.39 is 0 Å². The van der Waals surface area contributed by atoms with Gasteiger partial charge in [0.25, 0.3) is 0 Å². The summed E-state index contributed by atoms with van der Waals surface area (Å²) in [6.45, 7) is 4.71. The van der Waals surface area contributed by atoms with Crippen molar-refractivity contribution in [3.8, 4) is 0 Å². The Morgan fingerprint density at radius 1 is 1.19 bits per heavy atom. The van der Waals surface area contributed by atoms with E-state index >= 15 is 0 Å². The molecule has 3 nitrogen and oxygen atoms in total. The van der Waals surface area contributed by atoms with Crippen LogP contribution < -0.4 is 0 Å². The zero-order valence-corrected chi connectivity index (χ0v) is 16.0. The Hall–Kier alpha value is -1.38. The Labute approximate surface area is 156 Å². The summed E-state index contributed by atoms with van der Waals surface area (Å²) in [4.78, 5) is 23.9. The first kappa shape index (κ1) is 16.8. The van der Waals surface area contributed by atoms with E-state index in [1.807, 2.05) is 6.08 Å². The molecule has 5 aliphatic rings. The molecule has 1 spiro atoms. The second kappa shape index (κ2) is 5.56. The van der Waals surface area contributed by atoms with Gasteiger partial charge in [-0.15, -0.1) is 0 Å². The monoisotopic (exact) mass is 354 g/mol. The molecule has 0 aromatic heterocycles. The molecule has 3 heteroatoms. The predicted octanol–water partition coefficient (Wildman–Crippen LogP) is 4.62. The van der Waals surface area contributed by atoms with Crippen molar-refractivity contribution in [1.82, 2.24) is 0 Å². The lowest BCUT2D eigenvalue weighted by atomic mass is 9.47. The summed E-state index contributed by atoms with van der Waals surface area (Å²) in [7, 11) is 0. The minimum absolute atomic E-state index is 0.122. The van der Waals surface area contributed by atoms with Crippen molar-refractivity contribution in [2.75, 3.05) is 0 Å². The number of fused-ring (bicyclic) bond motifs is 6. The normalized spacial score (nSPS) is 49.5. The van der Waals surface area contributed by atoms with Crippen molar-refractivity contribution in [1.29, 1.82) is 0 Å². The maximum Gasteiger partial charge on any atom is 0.331 e. The lowest BCUT2D eigenvalue weighted by Gasteiger charge is -2.58. The highest BCUT2D eigenvalue weighted by atomic mass is 16.6. The van der Waals surface area contributed by atoms with Crippen molar-refractivity contribution in [2.45, 2.75) is 70.8 Å². The molecule has 3 unspecified atom stereocenters. The molecule has 0 amide bonds. The van der Waals surface area contributed by atoms with Crippen LogP contribution >= 0.6 is 0 Å². The summed E-state index contributed by atoms with van der Waals surface area (Å²) in [6, 6.07) is 0. The van der Waals surface area contributed by atoms with E-state index in [0.717, 1.165) is 44.4 Å². The molecule has 1 aliphatic heterocycles. The first-order chi connectivity index (χ1) is 12.5. The van der Waals surface area contributed by atoms with Crippen LogP contribution in [0.1, 0.15) is 65.2 Å². The quantitative estimate of drug-likeness (QED) is 0.646. The van der Waals surface area contributed by atoms with Crippen LogP contribution in [0.25, 0.3) is 0 Å². The summed E-state index contributed by atoms with van der Waals surface area (Å²) < 4.78 is 6.00. The van der Waals surface area contributed by atoms with E-state index in [9.17, 15) is 9.59 Å². The van der Waals surface area contributed by atoms with E-state index in [0.29, 0.717) is 29.5 Å². The van der Waals surface area contributed by atoms with Crippen LogP contribution in [0, 0.1) is 35.0 Å². The molecule has 5 rings (SSSR count). The number of rotatable bonds is 1. The van der Waals surface area contributed by atoms with E-state index in [2.05, 4.69) is 19.9 Å². The van der Waals surface area contributed by atoms with Gasteiger partial charge < -0.3 is 4.74 Å². The van der Waals surface area contributed by atoms with Crippen LogP contribution in [0.15, 0.2) is 23.8 Å². The van der Waals surface area contributed by atoms with Crippen molar-refractivity contribution in [2.24, 2.45) is 35.0 Å². The standard InChI is InChI=1S/C23H30O3/c1-3-22-9-6-18-17-5-4-16(24)13-15(17)12-14(2)21(18)19(22)7-10-23(22)11-8-20(25)26-23/h8,11,13-14,17-19,21H,3-7,9-10,12H2,1-2H3/t14-,17-,18?,19?,21?,22-,23+/m0/s1. The van der Waals surface area contributed by atoms with Crippen LogP contribution in [-0.2, 0) is 14.3 Å². The first-order valence-electron chi connectivity index (χ1n) is 10.7. The summed E-state index contributed by atoms with van der Waals surface area (Å²) in [5, 5.41) is 0. The second-order valence-electron chi connectivity index (χ2n) is 9.59. The number of carbonyl (C=O) groups is 2. The van der Waals surface area contributed by atoms with Crippen LogP contribution in [0.5, 0.6) is 0 Å². The Balaban J connectivity index is 1.53. The number of carbonyl (C=O) groups excluding carboxylic acids is 2. The smallest absolute Gasteiger partial charge is 0.331 e. The highest BCUT2D eigenvalue weighted by molar-refractivity contribution is 5.91. The second-order valence-corrected chi connectivity index (χ2v) is 9.59.